The van der Waals surface area contributed by atoms with E-state index in [1.165, 1.54) is 0 Å². The highest BCUT2D eigenvalue weighted by molar-refractivity contribution is 7.92. The molecule has 0 atom stereocenters. The zero-order valence-electron chi connectivity index (χ0n) is 14.5. The number of carbonyl (C=O) groups excluding carboxylic acids is 1. The van der Waals surface area contributed by atoms with E-state index in [0.717, 1.165) is 36.4 Å². The number of amides is 1. The summed E-state index contributed by atoms with van der Waals surface area (Å²) < 4.78 is 52.3. The van der Waals surface area contributed by atoms with Crippen LogP contribution in [0.3, 0.4) is 0 Å². The summed E-state index contributed by atoms with van der Waals surface area (Å²) in [6.07, 6.45) is 1.45. The summed E-state index contributed by atoms with van der Waals surface area (Å²) in [5.74, 6) is -2.48. The number of hydrogen-bond acceptors (Lipinski definition) is 3. The zero-order valence-corrected chi connectivity index (χ0v) is 15.3. The van der Waals surface area contributed by atoms with E-state index in [9.17, 15) is 22.0 Å². The molecule has 0 aliphatic carbocycles. The van der Waals surface area contributed by atoms with Crippen molar-refractivity contribution in [1.29, 1.82) is 0 Å². The minimum atomic E-state index is -3.97. The Labute approximate surface area is 151 Å². The molecule has 140 valence electrons. The molecular formula is C18H20F2N2O3S. The lowest BCUT2D eigenvalue weighted by Gasteiger charge is -2.23. The highest BCUT2D eigenvalue weighted by Gasteiger charge is 2.25. The van der Waals surface area contributed by atoms with Gasteiger partial charge in [0.2, 0.25) is 15.9 Å². The maximum absolute atomic E-state index is 13.9. The summed E-state index contributed by atoms with van der Waals surface area (Å²) in [5.41, 5.74) is 0.992. The van der Waals surface area contributed by atoms with E-state index in [0.29, 0.717) is 9.99 Å². The maximum atomic E-state index is 13.9. The van der Waals surface area contributed by atoms with Crippen LogP contribution in [0.2, 0.25) is 0 Å². The lowest BCUT2D eigenvalue weighted by molar-refractivity contribution is -0.116. The van der Waals surface area contributed by atoms with Crippen LogP contribution in [0.5, 0.6) is 0 Å². The molecule has 1 N–H and O–H groups in total. The Morgan fingerprint density at radius 2 is 1.65 bits per heavy atom. The molecule has 2 rings (SSSR count). The predicted octanol–water partition coefficient (Wildman–Crippen LogP) is 3.32. The first-order chi connectivity index (χ1) is 12.2. The van der Waals surface area contributed by atoms with Crippen molar-refractivity contribution < 1.29 is 22.0 Å². The van der Waals surface area contributed by atoms with E-state index >= 15 is 0 Å². The number of rotatable bonds is 7. The minimum Gasteiger partial charge on any atom is -0.326 e. The van der Waals surface area contributed by atoms with Crippen LogP contribution in [-0.4, -0.2) is 27.1 Å². The van der Waals surface area contributed by atoms with E-state index in [-0.39, 0.29) is 13.0 Å². The quantitative estimate of drug-likeness (QED) is 0.799. The van der Waals surface area contributed by atoms with E-state index in [4.69, 9.17) is 0 Å². The first-order valence-electron chi connectivity index (χ1n) is 8.03. The van der Waals surface area contributed by atoms with Crippen molar-refractivity contribution in [3.63, 3.8) is 0 Å². The van der Waals surface area contributed by atoms with Gasteiger partial charge in [-0.3, -0.25) is 9.10 Å². The molecule has 1 amide bonds. The molecule has 0 aromatic heterocycles. The van der Waals surface area contributed by atoms with E-state index in [1.54, 1.807) is 12.1 Å². The van der Waals surface area contributed by atoms with Gasteiger partial charge >= 0.3 is 0 Å². The lowest BCUT2D eigenvalue weighted by atomic mass is 10.1. The first-order valence-corrected chi connectivity index (χ1v) is 9.87. The van der Waals surface area contributed by atoms with Gasteiger partial charge in [0.15, 0.2) is 11.6 Å². The second-order valence-electron chi connectivity index (χ2n) is 5.75. The van der Waals surface area contributed by atoms with Crippen molar-refractivity contribution >= 4 is 27.3 Å². The number of nitrogens with one attached hydrogen (secondary N) is 1. The number of aryl methyl sites for hydroxylation is 1. The Balaban J connectivity index is 2.11. The molecule has 2 aromatic carbocycles. The Kier molecular flexibility index (Phi) is 6.31. The highest BCUT2D eigenvalue weighted by atomic mass is 32.2. The average Bonchev–Trinajstić information content (AvgIpc) is 2.57. The number of benzene rings is 2. The SMILES string of the molecule is CCc1ccc(NC(=O)CCN(c2c(F)cccc2F)S(C)(=O)=O)cc1. The lowest BCUT2D eigenvalue weighted by Crippen LogP contribution is -2.34. The molecule has 8 heteroatoms. The van der Waals surface area contributed by atoms with Crippen LogP contribution in [0.15, 0.2) is 42.5 Å². The molecule has 0 fully saturated rings. The molecule has 0 radical (unpaired) electrons. The molecular weight excluding hydrogens is 362 g/mol. The van der Waals surface area contributed by atoms with Crippen LogP contribution in [0, 0.1) is 11.6 Å². The number of anilines is 2. The number of nitrogens with zero attached hydrogens (tertiary/aromatic N) is 1. The van der Waals surface area contributed by atoms with Crippen molar-refractivity contribution in [2.45, 2.75) is 19.8 Å². The van der Waals surface area contributed by atoms with Crippen LogP contribution >= 0.6 is 0 Å². The van der Waals surface area contributed by atoms with Gasteiger partial charge in [-0.2, -0.15) is 0 Å². The monoisotopic (exact) mass is 382 g/mol. The van der Waals surface area contributed by atoms with Gasteiger partial charge in [-0.25, -0.2) is 17.2 Å². The molecule has 0 spiro atoms. The van der Waals surface area contributed by atoms with Crippen molar-refractivity contribution in [2.75, 3.05) is 22.4 Å². The van der Waals surface area contributed by atoms with Gasteiger partial charge in [-0.15, -0.1) is 0 Å². The molecule has 2 aromatic rings. The normalized spacial score (nSPS) is 11.2. The van der Waals surface area contributed by atoms with Gasteiger partial charge in [0.1, 0.15) is 5.69 Å². The van der Waals surface area contributed by atoms with Crippen molar-refractivity contribution in [1.82, 2.24) is 0 Å². The second kappa shape index (κ2) is 8.27. The third-order valence-corrected chi connectivity index (χ3v) is 4.94. The van der Waals surface area contributed by atoms with Gasteiger partial charge in [0, 0.05) is 18.7 Å². The van der Waals surface area contributed by atoms with Crippen molar-refractivity contribution in [3.05, 3.63) is 59.7 Å². The average molecular weight is 382 g/mol. The van der Waals surface area contributed by atoms with Gasteiger partial charge in [0.05, 0.1) is 6.26 Å². The fourth-order valence-corrected chi connectivity index (χ4v) is 3.35. The van der Waals surface area contributed by atoms with E-state index < -0.39 is 33.3 Å². The van der Waals surface area contributed by atoms with Gasteiger partial charge < -0.3 is 5.32 Å². The smallest absolute Gasteiger partial charge is 0.232 e. The van der Waals surface area contributed by atoms with Gasteiger partial charge in [0.25, 0.3) is 0 Å². The van der Waals surface area contributed by atoms with Crippen molar-refractivity contribution in [3.8, 4) is 0 Å². The summed E-state index contributed by atoms with van der Waals surface area (Å²) in [6.45, 7) is 1.63. The first kappa shape index (κ1) is 19.8. The highest BCUT2D eigenvalue weighted by Crippen LogP contribution is 2.25. The topological polar surface area (TPSA) is 66.5 Å². The van der Waals surface area contributed by atoms with Crippen LogP contribution in [0.25, 0.3) is 0 Å². The van der Waals surface area contributed by atoms with Crippen LogP contribution < -0.4 is 9.62 Å². The summed E-state index contributed by atoms with van der Waals surface area (Å²) in [4.78, 5) is 12.1. The minimum absolute atomic E-state index is 0.254. The third kappa shape index (κ3) is 5.01. The number of sulfonamides is 1. The fourth-order valence-electron chi connectivity index (χ4n) is 2.42. The number of carbonyl (C=O) groups is 1. The Morgan fingerprint density at radius 3 is 2.15 bits per heavy atom. The second-order valence-corrected chi connectivity index (χ2v) is 7.66. The molecule has 0 aliphatic rings. The Hall–Kier alpha value is -2.48. The number of para-hydroxylation sites is 1. The van der Waals surface area contributed by atoms with Gasteiger partial charge in [-0.1, -0.05) is 25.1 Å². The predicted molar refractivity (Wildman–Crippen MR) is 97.6 cm³/mol. The summed E-state index contributed by atoms with van der Waals surface area (Å²) in [7, 11) is -3.97. The van der Waals surface area contributed by atoms with Crippen LogP contribution in [0.1, 0.15) is 18.9 Å². The molecule has 0 aliphatic heterocycles. The summed E-state index contributed by atoms with van der Waals surface area (Å²) >= 11 is 0. The maximum Gasteiger partial charge on any atom is 0.232 e. The third-order valence-electron chi connectivity index (χ3n) is 3.78. The molecule has 0 bridgehead atoms. The molecule has 0 unspecified atom stereocenters. The molecule has 0 saturated heterocycles. The Morgan fingerprint density at radius 1 is 1.08 bits per heavy atom. The molecule has 0 heterocycles. The van der Waals surface area contributed by atoms with E-state index in [2.05, 4.69) is 5.32 Å². The van der Waals surface area contributed by atoms with Crippen molar-refractivity contribution in [2.24, 2.45) is 0 Å². The number of hydrogen-bond donors (Lipinski definition) is 1. The summed E-state index contributed by atoms with van der Waals surface area (Å²) in [5, 5.41) is 2.63. The largest absolute Gasteiger partial charge is 0.326 e. The van der Waals surface area contributed by atoms with Gasteiger partial charge in [-0.05, 0) is 36.2 Å². The summed E-state index contributed by atoms with van der Waals surface area (Å²) in [6, 6.07) is 10.3. The Bertz CT molecular complexity index is 864. The standard InChI is InChI=1S/C18H20F2N2O3S/c1-3-13-7-9-14(10-8-13)21-17(23)11-12-22(26(2,24)25)18-15(19)5-4-6-16(18)20/h4-10H,3,11-12H2,1-2H3,(H,21,23). The molecule has 26 heavy (non-hydrogen) atoms. The van der Waals surface area contributed by atoms with E-state index in [1.807, 2.05) is 19.1 Å². The zero-order chi connectivity index (χ0) is 19.3. The molecule has 5 nitrogen and oxygen atoms in total. The fraction of sp³-hybridized carbons (Fsp3) is 0.278. The van der Waals surface area contributed by atoms with Crippen LogP contribution in [-0.2, 0) is 21.2 Å². The van der Waals surface area contributed by atoms with Crippen LogP contribution in [0.4, 0.5) is 20.2 Å². The molecule has 0 saturated carbocycles. The number of halogens is 2.